The number of aromatic nitrogens is 2. The third-order valence-corrected chi connectivity index (χ3v) is 5.97. The van der Waals surface area contributed by atoms with Crippen LogP contribution in [0, 0.1) is 5.82 Å². The van der Waals surface area contributed by atoms with Crippen molar-refractivity contribution >= 4 is 23.2 Å². The molecule has 2 aliphatic rings. The third-order valence-electron chi connectivity index (χ3n) is 5.97. The van der Waals surface area contributed by atoms with E-state index in [1.807, 2.05) is 10.7 Å². The molecule has 1 aromatic heterocycles. The second-order valence-corrected chi connectivity index (χ2v) is 7.93. The molecule has 1 unspecified atom stereocenters. The SMILES string of the molecule is CN1C(=O)C(NC(=O)c2cnn3c2CCCC3)N=C(c2ccccc2F)c2ccccc21. The molecule has 3 heterocycles. The van der Waals surface area contributed by atoms with Gasteiger partial charge in [-0.3, -0.25) is 14.3 Å². The number of aliphatic imine (C=N–C) groups is 1. The van der Waals surface area contributed by atoms with Gasteiger partial charge in [0.25, 0.3) is 11.8 Å². The number of nitrogens with zero attached hydrogens (tertiary/aromatic N) is 4. The molecule has 0 bridgehead atoms. The first kappa shape index (κ1) is 20.1. The summed E-state index contributed by atoms with van der Waals surface area (Å²) in [5.74, 6) is -1.27. The molecule has 0 saturated heterocycles. The fourth-order valence-corrected chi connectivity index (χ4v) is 4.30. The van der Waals surface area contributed by atoms with Crippen LogP contribution in [0.15, 0.2) is 59.7 Å². The van der Waals surface area contributed by atoms with Crippen LogP contribution >= 0.6 is 0 Å². The zero-order valence-corrected chi connectivity index (χ0v) is 17.6. The quantitative estimate of drug-likeness (QED) is 0.693. The van der Waals surface area contributed by atoms with Crippen molar-refractivity contribution in [3.8, 4) is 0 Å². The summed E-state index contributed by atoms with van der Waals surface area (Å²) >= 11 is 0. The number of para-hydroxylation sites is 1. The number of nitrogens with one attached hydrogen (secondary N) is 1. The summed E-state index contributed by atoms with van der Waals surface area (Å²) in [5, 5.41) is 7.06. The predicted molar refractivity (Wildman–Crippen MR) is 118 cm³/mol. The minimum atomic E-state index is -1.20. The predicted octanol–water partition coefficient (Wildman–Crippen LogP) is 2.93. The van der Waals surface area contributed by atoms with E-state index in [9.17, 15) is 14.0 Å². The minimum absolute atomic E-state index is 0.269. The van der Waals surface area contributed by atoms with Gasteiger partial charge in [-0.1, -0.05) is 30.3 Å². The van der Waals surface area contributed by atoms with Crippen molar-refractivity contribution in [2.45, 2.75) is 32.0 Å². The summed E-state index contributed by atoms with van der Waals surface area (Å²) < 4.78 is 16.6. The second-order valence-electron chi connectivity index (χ2n) is 7.93. The van der Waals surface area contributed by atoms with Gasteiger partial charge in [0.1, 0.15) is 5.82 Å². The zero-order chi connectivity index (χ0) is 22.2. The van der Waals surface area contributed by atoms with Crippen LogP contribution < -0.4 is 10.2 Å². The number of fused-ring (bicyclic) bond motifs is 2. The van der Waals surface area contributed by atoms with Gasteiger partial charge in [-0.15, -0.1) is 0 Å². The molecule has 0 radical (unpaired) electrons. The van der Waals surface area contributed by atoms with E-state index < -0.39 is 23.8 Å². The number of benzene rings is 2. The van der Waals surface area contributed by atoms with Gasteiger partial charge >= 0.3 is 0 Å². The average molecular weight is 431 g/mol. The van der Waals surface area contributed by atoms with E-state index in [1.54, 1.807) is 43.4 Å². The van der Waals surface area contributed by atoms with Crippen LogP contribution in [-0.2, 0) is 17.8 Å². The van der Waals surface area contributed by atoms with Crippen molar-refractivity contribution in [3.05, 3.63) is 82.9 Å². The maximum atomic E-state index is 14.7. The first-order chi connectivity index (χ1) is 15.5. The lowest BCUT2D eigenvalue weighted by atomic mass is 10.00. The molecule has 0 fully saturated rings. The van der Waals surface area contributed by atoms with Crippen LogP contribution in [0.2, 0.25) is 0 Å². The van der Waals surface area contributed by atoms with Crippen molar-refractivity contribution in [2.24, 2.45) is 4.99 Å². The van der Waals surface area contributed by atoms with E-state index in [0.717, 1.165) is 31.5 Å². The Kier molecular flexibility index (Phi) is 5.05. The molecule has 8 heteroatoms. The van der Waals surface area contributed by atoms with Crippen LogP contribution in [0.4, 0.5) is 10.1 Å². The standard InChI is InChI=1S/C24H22FN5O2/c1-29-19-11-5-3-9-16(19)21(15-8-2-4-10-18(15)25)27-22(24(29)32)28-23(31)17-14-26-30-13-7-6-12-20(17)30/h2-5,8-11,14,22H,6-7,12-13H2,1H3,(H,28,31). The summed E-state index contributed by atoms with van der Waals surface area (Å²) in [4.78, 5) is 32.4. The molecule has 32 heavy (non-hydrogen) atoms. The molecule has 2 aliphatic heterocycles. The molecule has 2 aromatic carbocycles. The van der Waals surface area contributed by atoms with E-state index >= 15 is 0 Å². The number of anilines is 1. The molecule has 0 saturated carbocycles. The summed E-state index contributed by atoms with van der Waals surface area (Å²) in [5.41, 5.74) is 3.12. The Labute approximate surface area is 184 Å². The Morgan fingerprint density at radius 2 is 1.84 bits per heavy atom. The van der Waals surface area contributed by atoms with E-state index in [2.05, 4.69) is 15.4 Å². The Bertz CT molecular complexity index is 1250. The lowest BCUT2D eigenvalue weighted by Gasteiger charge is -2.21. The number of rotatable bonds is 3. The average Bonchev–Trinajstić information content (AvgIpc) is 3.22. The number of hydrogen-bond donors (Lipinski definition) is 1. The first-order valence-corrected chi connectivity index (χ1v) is 10.6. The first-order valence-electron chi connectivity index (χ1n) is 10.6. The molecule has 1 atom stereocenters. The number of likely N-dealkylation sites (N-methyl/N-ethyl adjacent to an activating group) is 1. The molecule has 2 amide bonds. The highest BCUT2D eigenvalue weighted by Gasteiger charge is 2.32. The summed E-state index contributed by atoms with van der Waals surface area (Å²) in [7, 11) is 1.63. The van der Waals surface area contributed by atoms with Crippen LogP contribution in [0.5, 0.6) is 0 Å². The highest BCUT2D eigenvalue weighted by Crippen LogP contribution is 2.28. The summed E-state index contributed by atoms with van der Waals surface area (Å²) in [6, 6.07) is 13.5. The number of halogens is 1. The number of carbonyl (C=O) groups is 2. The topological polar surface area (TPSA) is 79.6 Å². The lowest BCUT2D eigenvalue weighted by molar-refractivity contribution is -0.119. The van der Waals surface area contributed by atoms with E-state index in [0.29, 0.717) is 22.5 Å². The normalized spacial score (nSPS) is 17.8. The van der Waals surface area contributed by atoms with E-state index in [-0.39, 0.29) is 5.56 Å². The van der Waals surface area contributed by atoms with Crippen molar-refractivity contribution in [1.82, 2.24) is 15.1 Å². The number of hydrogen-bond acceptors (Lipinski definition) is 4. The number of amides is 2. The Hall–Kier alpha value is -3.81. The van der Waals surface area contributed by atoms with Gasteiger partial charge < -0.3 is 10.2 Å². The van der Waals surface area contributed by atoms with Gasteiger partial charge in [0.15, 0.2) is 0 Å². The minimum Gasteiger partial charge on any atom is -0.322 e. The Morgan fingerprint density at radius 1 is 1.09 bits per heavy atom. The van der Waals surface area contributed by atoms with Gasteiger partial charge in [-0.25, -0.2) is 9.38 Å². The van der Waals surface area contributed by atoms with Crippen molar-refractivity contribution in [3.63, 3.8) is 0 Å². The van der Waals surface area contributed by atoms with Gasteiger partial charge in [0.05, 0.1) is 28.9 Å². The van der Waals surface area contributed by atoms with Crippen molar-refractivity contribution < 1.29 is 14.0 Å². The zero-order valence-electron chi connectivity index (χ0n) is 17.6. The van der Waals surface area contributed by atoms with Crippen LogP contribution in [-0.4, -0.2) is 40.5 Å². The van der Waals surface area contributed by atoms with Crippen molar-refractivity contribution in [1.29, 1.82) is 0 Å². The summed E-state index contributed by atoms with van der Waals surface area (Å²) in [6.07, 6.45) is 3.11. The molecule has 0 aliphatic carbocycles. The second kappa shape index (κ2) is 8.03. The molecule has 1 N–H and O–H groups in total. The molecule has 7 nitrogen and oxygen atoms in total. The number of benzodiazepines with no additional fused rings is 1. The van der Waals surface area contributed by atoms with Crippen LogP contribution in [0.1, 0.15) is 40.0 Å². The fraction of sp³-hybridized carbons (Fsp3) is 0.250. The van der Waals surface area contributed by atoms with Gasteiger partial charge in [0.2, 0.25) is 6.17 Å². The van der Waals surface area contributed by atoms with E-state index in [4.69, 9.17) is 0 Å². The largest absolute Gasteiger partial charge is 0.322 e. The molecule has 162 valence electrons. The third kappa shape index (κ3) is 3.37. The maximum Gasteiger partial charge on any atom is 0.272 e. The maximum absolute atomic E-state index is 14.7. The van der Waals surface area contributed by atoms with Crippen LogP contribution in [0.3, 0.4) is 0 Å². The lowest BCUT2D eigenvalue weighted by Crippen LogP contribution is -2.46. The fourth-order valence-electron chi connectivity index (χ4n) is 4.30. The molecule has 0 spiro atoms. The smallest absolute Gasteiger partial charge is 0.272 e. The Balaban J connectivity index is 1.57. The summed E-state index contributed by atoms with van der Waals surface area (Å²) in [6.45, 7) is 0.776. The highest BCUT2D eigenvalue weighted by atomic mass is 19.1. The number of carbonyl (C=O) groups excluding carboxylic acids is 2. The van der Waals surface area contributed by atoms with Crippen molar-refractivity contribution in [2.75, 3.05) is 11.9 Å². The molecular weight excluding hydrogens is 409 g/mol. The Morgan fingerprint density at radius 3 is 2.66 bits per heavy atom. The van der Waals surface area contributed by atoms with Gasteiger partial charge in [0, 0.05) is 24.7 Å². The van der Waals surface area contributed by atoms with Gasteiger partial charge in [-0.2, -0.15) is 5.10 Å². The molecule has 3 aromatic rings. The number of aryl methyl sites for hydroxylation is 1. The molecular formula is C24H22FN5O2. The van der Waals surface area contributed by atoms with Gasteiger partial charge in [-0.05, 0) is 37.5 Å². The van der Waals surface area contributed by atoms with E-state index in [1.165, 1.54) is 17.2 Å². The molecule has 5 rings (SSSR count). The highest BCUT2D eigenvalue weighted by molar-refractivity contribution is 6.20. The van der Waals surface area contributed by atoms with Crippen LogP contribution in [0.25, 0.3) is 0 Å². The monoisotopic (exact) mass is 431 g/mol.